The monoisotopic (exact) mass is 302 g/mol. The van der Waals surface area contributed by atoms with Crippen LogP contribution in [0, 0.1) is 0 Å². The highest BCUT2D eigenvalue weighted by atomic mass is 35.5. The minimum Gasteiger partial charge on any atom is -0.399 e. The number of anilines is 1. The third-order valence-corrected chi connectivity index (χ3v) is 3.68. The van der Waals surface area contributed by atoms with Crippen molar-refractivity contribution in [2.75, 3.05) is 19.3 Å². The molecule has 2 aromatic rings. The fraction of sp³-hybridized carbons (Fsp3) is 0.235. The lowest BCUT2D eigenvalue weighted by Crippen LogP contribution is -2.28. The van der Waals surface area contributed by atoms with Crippen LogP contribution in [0.25, 0.3) is 0 Å². The summed E-state index contributed by atoms with van der Waals surface area (Å²) in [6, 6.07) is 15.2. The minimum absolute atomic E-state index is 0.0759. The van der Waals surface area contributed by atoms with E-state index < -0.39 is 0 Å². The zero-order valence-electron chi connectivity index (χ0n) is 12.1. The number of rotatable bonds is 5. The predicted octanol–water partition coefficient (Wildman–Crippen LogP) is 3.63. The normalized spacial score (nSPS) is 10.4. The number of nitrogens with zero attached hydrogens (tertiary/aromatic N) is 1. The Morgan fingerprint density at radius 1 is 1.19 bits per heavy atom. The van der Waals surface area contributed by atoms with E-state index in [0.29, 0.717) is 22.8 Å². The summed E-state index contributed by atoms with van der Waals surface area (Å²) in [5, 5.41) is 0.398. The molecule has 0 unspecified atom stereocenters. The quantitative estimate of drug-likeness (QED) is 0.857. The number of benzene rings is 2. The Kier molecular flexibility index (Phi) is 5.23. The molecular weight excluding hydrogens is 284 g/mol. The summed E-state index contributed by atoms with van der Waals surface area (Å²) < 4.78 is 0. The van der Waals surface area contributed by atoms with E-state index in [0.717, 1.165) is 12.8 Å². The molecule has 2 rings (SSSR count). The van der Waals surface area contributed by atoms with E-state index >= 15 is 0 Å². The fourth-order valence-electron chi connectivity index (χ4n) is 2.18. The summed E-state index contributed by atoms with van der Waals surface area (Å²) in [7, 11) is 1.79. The molecule has 21 heavy (non-hydrogen) atoms. The van der Waals surface area contributed by atoms with Gasteiger partial charge in [0.25, 0.3) is 5.91 Å². The van der Waals surface area contributed by atoms with Crippen LogP contribution in [0.3, 0.4) is 0 Å². The fourth-order valence-corrected chi connectivity index (χ4v) is 2.45. The minimum atomic E-state index is -0.0759. The van der Waals surface area contributed by atoms with Crippen LogP contribution in [-0.2, 0) is 6.42 Å². The number of halogens is 1. The van der Waals surface area contributed by atoms with E-state index in [9.17, 15) is 4.79 Å². The van der Waals surface area contributed by atoms with Gasteiger partial charge in [-0.25, -0.2) is 0 Å². The van der Waals surface area contributed by atoms with Crippen molar-refractivity contribution in [3.8, 4) is 0 Å². The van der Waals surface area contributed by atoms with Crippen molar-refractivity contribution in [2.24, 2.45) is 0 Å². The van der Waals surface area contributed by atoms with Gasteiger partial charge in [-0.2, -0.15) is 0 Å². The Hall–Kier alpha value is -2.00. The zero-order chi connectivity index (χ0) is 15.2. The highest BCUT2D eigenvalue weighted by Crippen LogP contribution is 2.20. The van der Waals surface area contributed by atoms with E-state index in [4.69, 9.17) is 17.3 Å². The van der Waals surface area contributed by atoms with Gasteiger partial charge in [-0.15, -0.1) is 0 Å². The molecular formula is C17H19ClN2O. The average molecular weight is 303 g/mol. The standard InChI is InChI=1S/C17H19ClN2O/c1-20(11-5-8-13-6-3-2-4-7-13)17(21)15-10-9-14(19)12-16(15)18/h2-4,6-7,9-10,12H,5,8,11,19H2,1H3. The molecule has 0 bridgehead atoms. The topological polar surface area (TPSA) is 46.3 Å². The summed E-state index contributed by atoms with van der Waals surface area (Å²) in [5.74, 6) is -0.0759. The Bertz CT molecular complexity index is 613. The van der Waals surface area contributed by atoms with E-state index in [-0.39, 0.29) is 5.91 Å². The van der Waals surface area contributed by atoms with Gasteiger partial charge in [0.1, 0.15) is 0 Å². The summed E-state index contributed by atoms with van der Waals surface area (Å²) in [6.45, 7) is 0.689. The van der Waals surface area contributed by atoms with Crippen LogP contribution in [0.5, 0.6) is 0 Å². The first kappa shape index (κ1) is 15.4. The third-order valence-electron chi connectivity index (χ3n) is 3.37. The van der Waals surface area contributed by atoms with Gasteiger partial charge >= 0.3 is 0 Å². The van der Waals surface area contributed by atoms with Crippen LogP contribution in [0.4, 0.5) is 5.69 Å². The van der Waals surface area contributed by atoms with Crippen molar-refractivity contribution in [2.45, 2.75) is 12.8 Å². The molecule has 2 N–H and O–H groups in total. The van der Waals surface area contributed by atoms with E-state index in [1.165, 1.54) is 5.56 Å². The number of hydrogen-bond acceptors (Lipinski definition) is 2. The molecule has 0 fully saturated rings. The van der Waals surface area contributed by atoms with E-state index in [2.05, 4.69) is 12.1 Å². The Labute approximate surface area is 130 Å². The second-order valence-electron chi connectivity index (χ2n) is 5.06. The Balaban J connectivity index is 1.90. The third kappa shape index (κ3) is 4.23. The van der Waals surface area contributed by atoms with Gasteiger partial charge < -0.3 is 10.6 Å². The highest BCUT2D eigenvalue weighted by molar-refractivity contribution is 6.34. The van der Waals surface area contributed by atoms with Crippen LogP contribution in [0.1, 0.15) is 22.3 Å². The van der Waals surface area contributed by atoms with Crippen molar-refractivity contribution in [3.05, 3.63) is 64.7 Å². The molecule has 0 aliphatic rings. The van der Waals surface area contributed by atoms with Crippen molar-refractivity contribution in [1.29, 1.82) is 0 Å². The second kappa shape index (κ2) is 7.14. The number of nitrogen functional groups attached to an aromatic ring is 1. The Morgan fingerprint density at radius 2 is 1.90 bits per heavy atom. The molecule has 0 atom stereocenters. The zero-order valence-corrected chi connectivity index (χ0v) is 12.8. The maximum Gasteiger partial charge on any atom is 0.255 e. The number of aryl methyl sites for hydroxylation is 1. The molecule has 0 radical (unpaired) electrons. The molecule has 0 heterocycles. The molecule has 4 heteroatoms. The molecule has 3 nitrogen and oxygen atoms in total. The van der Waals surface area contributed by atoms with Crippen molar-refractivity contribution >= 4 is 23.2 Å². The van der Waals surface area contributed by atoms with Gasteiger partial charge in [0.2, 0.25) is 0 Å². The molecule has 0 aromatic heterocycles. The largest absolute Gasteiger partial charge is 0.399 e. The summed E-state index contributed by atoms with van der Waals surface area (Å²) >= 11 is 6.07. The molecule has 0 saturated carbocycles. The number of carbonyl (C=O) groups is 1. The van der Waals surface area contributed by atoms with Crippen LogP contribution >= 0.6 is 11.6 Å². The van der Waals surface area contributed by atoms with Crippen molar-refractivity contribution in [1.82, 2.24) is 4.90 Å². The second-order valence-corrected chi connectivity index (χ2v) is 5.46. The predicted molar refractivity (Wildman–Crippen MR) is 87.6 cm³/mol. The summed E-state index contributed by atoms with van der Waals surface area (Å²) in [4.78, 5) is 14.0. The van der Waals surface area contributed by atoms with Crippen molar-refractivity contribution < 1.29 is 4.79 Å². The Morgan fingerprint density at radius 3 is 2.57 bits per heavy atom. The van der Waals surface area contributed by atoms with Gasteiger partial charge in [-0.3, -0.25) is 4.79 Å². The van der Waals surface area contributed by atoms with Gasteiger partial charge in [-0.1, -0.05) is 41.9 Å². The van der Waals surface area contributed by atoms with Crippen LogP contribution in [0.2, 0.25) is 5.02 Å². The number of nitrogens with two attached hydrogens (primary N) is 1. The first-order valence-corrected chi connectivity index (χ1v) is 7.30. The smallest absolute Gasteiger partial charge is 0.255 e. The van der Waals surface area contributed by atoms with Crippen molar-refractivity contribution in [3.63, 3.8) is 0 Å². The number of amides is 1. The summed E-state index contributed by atoms with van der Waals surface area (Å²) in [5.41, 5.74) is 7.97. The van der Waals surface area contributed by atoms with Crippen LogP contribution in [-0.4, -0.2) is 24.4 Å². The van der Waals surface area contributed by atoms with Gasteiger partial charge in [-0.05, 0) is 36.6 Å². The van der Waals surface area contributed by atoms with Gasteiger partial charge in [0.05, 0.1) is 10.6 Å². The first-order chi connectivity index (χ1) is 10.1. The molecule has 110 valence electrons. The van der Waals surface area contributed by atoms with Gasteiger partial charge in [0.15, 0.2) is 0 Å². The maximum absolute atomic E-state index is 12.3. The number of hydrogen-bond donors (Lipinski definition) is 1. The lowest BCUT2D eigenvalue weighted by atomic mass is 10.1. The lowest BCUT2D eigenvalue weighted by molar-refractivity contribution is 0.0794. The van der Waals surface area contributed by atoms with E-state index in [1.807, 2.05) is 18.2 Å². The van der Waals surface area contributed by atoms with E-state index in [1.54, 1.807) is 30.1 Å². The van der Waals surface area contributed by atoms with Gasteiger partial charge in [0, 0.05) is 19.3 Å². The molecule has 2 aromatic carbocycles. The van der Waals surface area contributed by atoms with Crippen LogP contribution < -0.4 is 5.73 Å². The highest BCUT2D eigenvalue weighted by Gasteiger charge is 2.14. The molecule has 0 spiro atoms. The number of carbonyl (C=O) groups excluding carboxylic acids is 1. The molecule has 0 aliphatic heterocycles. The SMILES string of the molecule is CN(CCCc1ccccc1)C(=O)c1ccc(N)cc1Cl. The average Bonchev–Trinajstić information content (AvgIpc) is 2.47. The lowest BCUT2D eigenvalue weighted by Gasteiger charge is -2.18. The molecule has 0 aliphatic carbocycles. The first-order valence-electron chi connectivity index (χ1n) is 6.92. The maximum atomic E-state index is 12.3. The van der Waals surface area contributed by atoms with Crippen LogP contribution in [0.15, 0.2) is 48.5 Å². The summed E-state index contributed by atoms with van der Waals surface area (Å²) in [6.07, 6.45) is 1.87. The molecule has 0 saturated heterocycles. The molecule has 1 amide bonds.